The lowest BCUT2D eigenvalue weighted by molar-refractivity contribution is 0.0904. The van der Waals surface area contributed by atoms with Gasteiger partial charge in [-0.2, -0.15) is 0 Å². The molecule has 1 fully saturated rings. The highest BCUT2D eigenvalue weighted by Crippen LogP contribution is 2.33. The number of amides is 1. The van der Waals surface area contributed by atoms with Crippen LogP contribution in [0, 0.1) is 0 Å². The molecule has 0 bridgehead atoms. The second-order valence-corrected chi connectivity index (χ2v) is 8.37. The number of carbonyl (C=O) groups is 1. The minimum Gasteiger partial charge on any atom is -0.451 e. The van der Waals surface area contributed by atoms with E-state index in [1.165, 1.54) is 4.21 Å². The number of para-hydroxylation sites is 1. The number of fused-ring (bicyclic) bond motifs is 1. The van der Waals surface area contributed by atoms with Crippen molar-refractivity contribution >= 4 is 40.0 Å². The number of hydrogen-bond acceptors (Lipinski definition) is 5. The van der Waals surface area contributed by atoms with Crippen LogP contribution in [0.25, 0.3) is 11.0 Å². The van der Waals surface area contributed by atoms with Gasteiger partial charge in [0.2, 0.25) is 0 Å². The number of carbonyl (C=O) groups excluding carboxylic acids is 1. The number of hydrogen-bond donors (Lipinski definition) is 2. The SMILES string of the molecule is O=C(NC1CCCNC1)c1oc2ccccc2c1CSc1cccs1. The fourth-order valence-electron chi connectivity index (χ4n) is 3.14. The molecule has 0 aliphatic carbocycles. The molecule has 1 amide bonds. The minimum atomic E-state index is -0.105. The highest BCUT2D eigenvalue weighted by Gasteiger charge is 2.23. The van der Waals surface area contributed by atoms with Gasteiger partial charge in [0.1, 0.15) is 5.58 Å². The molecule has 0 radical (unpaired) electrons. The van der Waals surface area contributed by atoms with Gasteiger partial charge in [-0.3, -0.25) is 4.79 Å². The third-order valence-electron chi connectivity index (χ3n) is 4.39. The van der Waals surface area contributed by atoms with Crippen molar-refractivity contribution < 1.29 is 9.21 Å². The monoisotopic (exact) mass is 372 g/mol. The molecule has 1 aromatic carbocycles. The Bertz CT molecular complexity index is 852. The summed E-state index contributed by atoms with van der Waals surface area (Å²) in [5, 5.41) is 9.55. The largest absolute Gasteiger partial charge is 0.451 e. The van der Waals surface area contributed by atoms with Crippen molar-refractivity contribution in [1.82, 2.24) is 10.6 Å². The molecule has 0 spiro atoms. The molecule has 1 atom stereocenters. The summed E-state index contributed by atoms with van der Waals surface area (Å²) in [7, 11) is 0. The maximum absolute atomic E-state index is 12.8. The summed E-state index contributed by atoms with van der Waals surface area (Å²) in [6.07, 6.45) is 2.10. The van der Waals surface area contributed by atoms with E-state index < -0.39 is 0 Å². The van der Waals surface area contributed by atoms with Gasteiger partial charge in [-0.25, -0.2) is 0 Å². The predicted octanol–water partition coefficient (Wildman–Crippen LogP) is 4.27. The van der Waals surface area contributed by atoms with Crippen LogP contribution in [-0.2, 0) is 5.75 Å². The first-order valence-electron chi connectivity index (χ1n) is 8.49. The molecular formula is C19H20N2O2S2. The Hall–Kier alpha value is -1.76. The first-order valence-corrected chi connectivity index (χ1v) is 10.4. The standard InChI is InChI=1S/C19H20N2O2S2/c22-19(21-13-5-3-9-20-11-13)18-15(12-25-17-8-4-10-24-17)14-6-1-2-7-16(14)23-18/h1-2,4,6-8,10,13,20H,3,5,9,11-12H2,(H,21,22). The molecule has 1 saturated heterocycles. The van der Waals surface area contributed by atoms with E-state index in [9.17, 15) is 4.79 Å². The quantitative estimate of drug-likeness (QED) is 0.657. The molecule has 4 rings (SSSR count). The molecule has 4 nitrogen and oxygen atoms in total. The number of thiophene rings is 1. The Kier molecular flexibility index (Phi) is 5.10. The molecule has 130 valence electrons. The summed E-state index contributed by atoms with van der Waals surface area (Å²) >= 11 is 3.46. The molecule has 3 aromatic rings. The zero-order valence-corrected chi connectivity index (χ0v) is 15.4. The normalized spacial score (nSPS) is 17.7. The third kappa shape index (κ3) is 3.76. The molecular weight excluding hydrogens is 352 g/mol. The van der Waals surface area contributed by atoms with Gasteiger partial charge in [-0.05, 0) is 36.9 Å². The Labute approximate surface area is 155 Å². The lowest BCUT2D eigenvalue weighted by atomic mass is 10.1. The summed E-state index contributed by atoms with van der Waals surface area (Å²) in [6.45, 7) is 1.85. The van der Waals surface area contributed by atoms with Crippen LogP contribution in [0.1, 0.15) is 29.0 Å². The van der Waals surface area contributed by atoms with Crippen LogP contribution in [0.5, 0.6) is 0 Å². The summed E-state index contributed by atoms with van der Waals surface area (Å²) in [6, 6.07) is 12.2. The molecule has 3 heterocycles. The van der Waals surface area contributed by atoms with Gasteiger partial charge in [0.15, 0.2) is 5.76 Å². The molecule has 1 aliphatic heterocycles. The first kappa shape index (κ1) is 16.7. The number of piperidine rings is 1. The van der Waals surface area contributed by atoms with Gasteiger partial charge in [0.25, 0.3) is 5.91 Å². The van der Waals surface area contributed by atoms with Crippen molar-refractivity contribution in [2.75, 3.05) is 13.1 Å². The van der Waals surface area contributed by atoms with Crippen molar-refractivity contribution in [2.24, 2.45) is 0 Å². The summed E-state index contributed by atoms with van der Waals surface area (Å²) in [5.74, 6) is 1.07. The van der Waals surface area contributed by atoms with E-state index in [0.717, 1.165) is 48.2 Å². The second kappa shape index (κ2) is 7.64. The lowest BCUT2D eigenvalue weighted by Gasteiger charge is -2.23. The first-order chi connectivity index (χ1) is 12.3. The maximum Gasteiger partial charge on any atom is 0.287 e. The Morgan fingerprint density at radius 3 is 3.04 bits per heavy atom. The molecule has 1 unspecified atom stereocenters. The van der Waals surface area contributed by atoms with E-state index in [4.69, 9.17) is 4.42 Å². The molecule has 2 N–H and O–H groups in total. The van der Waals surface area contributed by atoms with Crippen LogP contribution >= 0.6 is 23.1 Å². The second-order valence-electron chi connectivity index (χ2n) is 6.14. The van der Waals surface area contributed by atoms with E-state index in [-0.39, 0.29) is 11.9 Å². The number of rotatable bonds is 5. The zero-order valence-electron chi connectivity index (χ0n) is 13.8. The number of furan rings is 1. The lowest BCUT2D eigenvalue weighted by Crippen LogP contribution is -2.45. The highest BCUT2D eigenvalue weighted by molar-refractivity contribution is 8.00. The van der Waals surface area contributed by atoms with E-state index in [1.807, 2.05) is 30.3 Å². The average molecular weight is 373 g/mol. The van der Waals surface area contributed by atoms with Crippen LogP contribution in [0.4, 0.5) is 0 Å². The summed E-state index contributed by atoms with van der Waals surface area (Å²) in [4.78, 5) is 12.8. The molecule has 2 aromatic heterocycles. The Morgan fingerprint density at radius 1 is 1.32 bits per heavy atom. The van der Waals surface area contributed by atoms with Crippen molar-refractivity contribution in [2.45, 2.75) is 28.8 Å². The van der Waals surface area contributed by atoms with Gasteiger partial charge in [0, 0.05) is 29.3 Å². The topological polar surface area (TPSA) is 54.3 Å². The molecule has 1 aliphatic rings. The molecule has 0 saturated carbocycles. The van der Waals surface area contributed by atoms with Gasteiger partial charge in [-0.15, -0.1) is 23.1 Å². The van der Waals surface area contributed by atoms with Gasteiger partial charge < -0.3 is 15.1 Å². The predicted molar refractivity (Wildman–Crippen MR) is 103 cm³/mol. The number of benzene rings is 1. The van der Waals surface area contributed by atoms with Gasteiger partial charge in [0.05, 0.1) is 4.21 Å². The third-order valence-corrected chi connectivity index (χ3v) is 6.55. The van der Waals surface area contributed by atoms with Gasteiger partial charge in [-0.1, -0.05) is 24.3 Å². The highest BCUT2D eigenvalue weighted by atomic mass is 32.2. The van der Waals surface area contributed by atoms with Crippen LogP contribution in [0.3, 0.4) is 0 Å². The van der Waals surface area contributed by atoms with Gasteiger partial charge >= 0.3 is 0 Å². The Balaban J connectivity index is 1.59. The van der Waals surface area contributed by atoms with Crippen molar-refractivity contribution in [3.05, 3.63) is 53.1 Å². The zero-order chi connectivity index (χ0) is 17.1. The minimum absolute atomic E-state index is 0.105. The van der Waals surface area contributed by atoms with Crippen LogP contribution in [0.2, 0.25) is 0 Å². The Morgan fingerprint density at radius 2 is 2.24 bits per heavy atom. The fraction of sp³-hybridized carbons (Fsp3) is 0.316. The average Bonchev–Trinajstić information content (AvgIpc) is 3.28. The van der Waals surface area contributed by atoms with Crippen molar-refractivity contribution in [3.63, 3.8) is 0 Å². The summed E-state index contributed by atoms with van der Waals surface area (Å²) < 4.78 is 7.17. The molecule has 25 heavy (non-hydrogen) atoms. The van der Waals surface area contributed by atoms with E-state index >= 15 is 0 Å². The van der Waals surface area contributed by atoms with E-state index in [1.54, 1.807) is 23.1 Å². The van der Waals surface area contributed by atoms with Crippen LogP contribution < -0.4 is 10.6 Å². The van der Waals surface area contributed by atoms with Crippen LogP contribution in [-0.4, -0.2) is 25.0 Å². The number of nitrogens with one attached hydrogen (secondary N) is 2. The van der Waals surface area contributed by atoms with E-state index in [2.05, 4.69) is 22.1 Å². The number of thioether (sulfide) groups is 1. The smallest absolute Gasteiger partial charge is 0.287 e. The van der Waals surface area contributed by atoms with Crippen molar-refractivity contribution in [1.29, 1.82) is 0 Å². The molecule has 6 heteroatoms. The maximum atomic E-state index is 12.8. The summed E-state index contributed by atoms with van der Waals surface area (Å²) in [5.41, 5.74) is 1.76. The fourth-order valence-corrected chi connectivity index (χ4v) is 4.95. The van der Waals surface area contributed by atoms with Crippen LogP contribution in [0.15, 0.2) is 50.4 Å². The van der Waals surface area contributed by atoms with Crippen molar-refractivity contribution in [3.8, 4) is 0 Å². The van der Waals surface area contributed by atoms with E-state index in [0.29, 0.717) is 5.76 Å².